The van der Waals surface area contributed by atoms with Gasteiger partial charge < -0.3 is 5.32 Å². The van der Waals surface area contributed by atoms with Gasteiger partial charge in [0, 0.05) is 18.6 Å². The molecule has 0 aromatic heterocycles. The summed E-state index contributed by atoms with van der Waals surface area (Å²) in [4.78, 5) is 2.54. The molecule has 2 unspecified atom stereocenters. The highest BCUT2D eigenvalue weighted by Gasteiger charge is 2.20. The summed E-state index contributed by atoms with van der Waals surface area (Å²) in [5.41, 5.74) is 0. The van der Waals surface area contributed by atoms with E-state index in [1.165, 1.54) is 25.9 Å². The molecule has 1 N–H and O–H groups in total. The maximum atomic E-state index is 3.89. The minimum atomic E-state index is 0.513. The molecule has 0 amide bonds. The van der Waals surface area contributed by atoms with E-state index in [1.54, 1.807) is 0 Å². The van der Waals surface area contributed by atoms with Crippen molar-refractivity contribution >= 4 is 0 Å². The van der Waals surface area contributed by atoms with Crippen LogP contribution in [0.2, 0.25) is 0 Å². The molecular weight excluding hydrogens is 184 g/mol. The van der Waals surface area contributed by atoms with Crippen molar-refractivity contribution in [2.24, 2.45) is 5.92 Å². The van der Waals surface area contributed by atoms with Gasteiger partial charge in [-0.15, -0.1) is 6.58 Å². The van der Waals surface area contributed by atoms with Crippen LogP contribution in [0.15, 0.2) is 12.7 Å². The van der Waals surface area contributed by atoms with Gasteiger partial charge in [-0.1, -0.05) is 19.9 Å². The molecule has 88 valence electrons. The van der Waals surface area contributed by atoms with E-state index >= 15 is 0 Å². The first-order valence-corrected chi connectivity index (χ1v) is 6.23. The normalized spacial score (nSPS) is 26.3. The summed E-state index contributed by atoms with van der Waals surface area (Å²) in [6.45, 7) is 14.3. The molecule has 0 saturated carbocycles. The molecule has 2 heteroatoms. The fraction of sp³-hybridized carbons (Fsp3) is 0.846. The summed E-state index contributed by atoms with van der Waals surface area (Å²) in [5.74, 6) is 0.779. The number of nitrogens with one attached hydrogen (secondary N) is 1. The second-order valence-corrected chi connectivity index (χ2v) is 5.11. The summed E-state index contributed by atoms with van der Waals surface area (Å²) < 4.78 is 0. The predicted octanol–water partition coefficient (Wildman–Crippen LogP) is 2.27. The lowest BCUT2D eigenvalue weighted by atomic mass is 10.0. The summed E-state index contributed by atoms with van der Waals surface area (Å²) in [6, 6.07) is 1.18. The first-order chi connectivity index (χ1) is 7.13. The van der Waals surface area contributed by atoms with E-state index in [4.69, 9.17) is 0 Å². The van der Waals surface area contributed by atoms with Crippen LogP contribution in [0.25, 0.3) is 0 Å². The van der Waals surface area contributed by atoms with Crippen LogP contribution in [-0.2, 0) is 0 Å². The molecule has 2 atom stereocenters. The zero-order chi connectivity index (χ0) is 11.3. The van der Waals surface area contributed by atoms with Crippen molar-refractivity contribution in [3.05, 3.63) is 12.7 Å². The zero-order valence-electron chi connectivity index (χ0n) is 10.5. The largest absolute Gasteiger partial charge is 0.313 e. The molecule has 1 rings (SSSR count). The van der Waals surface area contributed by atoms with Crippen molar-refractivity contribution in [3.63, 3.8) is 0 Å². The van der Waals surface area contributed by atoms with Gasteiger partial charge >= 0.3 is 0 Å². The smallest absolute Gasteiger partial charge is 0.0247 e. The molecule has 0 aromatic rings. The minimum Gasteiger partial charge on any atom is -0.313 e. The third-order valence-electron chi connectivity index (χ3n) is 3.18. The SMILES string of the molecule is C=CC(C)N1CCCNC(CC(C)C)C1. The molecule has 1 saturated heterocycles. The lowest BCUT2D eigenvalue weighted by molar-refractivity contribution is 0.227. The van der Waals surface area contributed by atoms with Crippen molar-refractivity contribution in [2.75, 3.05) is 19.6 Å². The number of hydrogen-bond acceptors (Lipinski definition) is 2. The average Bonchev–Trinajstić information content (AvgIpc) is 2.41. The van der Waals surface area contributed by atoms with Crippen LogP contribution in [-0.4, -0.2) is 36.6 Å². The Morgan fingerprint density at radius 1 is 1.47 bits per heavy atom. The standard InChI is InChI=1S/C13H26N2/c1-5-12(4)15-8-6-7-14-13(10-15)9-11(2)3/h5,11-14H,1,6-10H2,2-4H3. The third kappa shape index (κ3) is 4.35. The summed E-state index contributed by atoms with van der Waals surface area (Å²) in [7, 11) is 0. The van der Waals surface area contributed by atoms with Crippen LogP contribution in [0.3, 0.4) is 0 Å². The molecule has 1 heterocycles. The van der Waals surface area contributed by atoms with Gasteiger partial charge in [0.25, 0.3) is 0 Å². The molecule has 0 aromatic carbocycles. The van der Waals surface area contributed by atoms with Crippen molar-refractivity contribution < 1.29 is 0 Å². The Hall–Kier alpha value is -0.340. The molecule has 1 aliphatic rings. The average molecular weight is 210 g/mol. The highest BCUT2D eigenvalue weighted by atomic mass is 15.2. The molecular formula is C13H26N2. The minimum absolute atomic E-state index is 0.513. The van der Waals surface area contributed by atoms with E-state index in [-0.39, 0.29) is 0 Å². The Morgan fingerprint density at radius 3 is 2.80 bits per heavy atom. The Bertz CT molecular complexity index is 189. The number of nitrogens with zero attached hydrogens (tertiary/aromatic N) is 1. The maximum absolute atomic E-state index is 3.89. The van der Waals surface area contributed by atoms with Crippen LogP contribution >= 0.6 is 0 Å². The van der Waals surface area contributed by atoms with Crippen LogP contribution in [0.5, 0.6) is 0 Å². The van der Waals surface area contributed by atoms with Gasteiger partial charge in [-0.25, -0.2) is 0 Å². The van der Waals surface area contributed by atoms with Gasteiger partial charge in [0.15, 0.2) is 0 Å². The van der Waals surface area contributed by atoms with Crippen LogP contribution in [0.1, 0.15) is 33.6 Å². The van der Waals surface area contributed by atoms with Crippen LogP contribution in [0, 0.1) is 5.92 Å². The van der Waals surface area contributed by atoms with E-state index in [0.29, 0.717) is 12.1 Å². The first kappa shape index (κ1) is 12.7. The Kier molecular flexibility index (Phi) is 5.34. The molecule has 15 heavy (non-hydrogen) atoms. The van der Waals surface area contributed by atoms with E-state index < -0.39 is 0 Å². The van der Waals surface area contributed by atoms with Gasteiger partial charge in [0.05, 0.1) is 0 Å². The van der Waals surface area contributed by atoms with Crippen molar-refractivity contribution in [3.8, 4) is 0 Å². The number of hydrogen-bond donors (Lipinski definition) is 1. The Labute approximate surface area is 94.7 Å². The van der Waals surface area contributed by atoms with Gasteiger partial charge in [-0.2, -0.15) is 0 Å². The third-order valence-corrected chi connectivity index (χ3v) is 3.18. The van der Waals surface area contributed by atoms with Gasteiger partial charge in [0.1, 0.15) is 0 Å². The highest BCUT2D eigenvalue weighted by Crippen LogP contribution is 2.12. The molecule has 0 radical (unpaired) electrons. The van der Waals surface area contributed by atoms with Crippen molar-refractivity contribution in [2.45, 2.75) is 45.7 Å². The van der Waals surface area contributed by atoms with Crippen molar-refractivity contribution in [1.82, 2.24) is 10.2 Å². The monoisotopic (exact) mass is 210 g/mol. The van der Waals surface area contributed by atoms with E-state index in [2.05, 4.69) is 43.6 Å². The molecule has 0 bridgehead atoms. The predicted molar refractivity (Wildman–Crippen MR) is 67.1 cm³/mol. The Balaban J connectivity index is 2.49. The van der Waals surface area contributed by atoms with Gasteiger partial charge in [-0.3, -0.25) is 4.90 Å². The maximum Gasteiger partial charge on any atom is 0.0247 e. The lowest BCUT2D eigenvalue weighted by Crippen LogP contribution is -2.41. The van der Waals surface area contributed by atoms with E-state index in [1.807, 2.05) is 0 Å². The highest BCUT2D eigenvalue weighted by molar-refractivity contribution is 4.88. The van der Waals surface area contributed by atoms with Gasteiger partial charge in [0.2, 0.25) is 0 Å². The lowest BCUT2D eigenvalue weighted by Gasteiger charge is -2.28. The summed E-state index contributed by atoms with van der Waals surface area (Å²) in [5, 5.41) is 3.65. The Morgan fingerprint density at radius 2 is 2.20 bits per heavy atom. The molecule has 0 spiro atoms. The second kappa shape index (κ2) is 6.29. The number of rotatable bonds is 4. The molecule has 0 aliphatic carbocycles. The molecule has 1 fully saturated rings. The molecule has 2 nitrogen and oxygen atoms in total. The second-order valence-electron chi connectivity index (χ2n) is 5.11. The molecule has 1 aliphatic heterocycles. The first-order valence-electron chi connectivity index (χ1n) is 6.23. The zero-order valence-corrected chi connectivity index (χ0v) is 10.5. The van der Waals surface area contributed by atoms with Gasteiger partial charge in [-0.05, 0) is 38.8 Å². The summed E-state index contributed by atoms with van der Waals surface area (Å²) in [6.07, 6.45) is 4.59. The van der Waals surface area contributed by atoms with Crippen molar-refractivity contribution in [1.29, 1.82) is 0 Å². The fourth-order valence-electron chi connectivity index (χ4n) is 2.27. The topological polar surface area (TPSA) is 15.3 Å². The quantitative estimate of drug-likeness (QED) is 0.716. The van der Waals surface area contributed by atoms with Crippen LogP contribution < -0.4 is 5.32 Å². The fourth-order valence-corrected chi connectivity index (χ4v) is 2.27. The van der Waals surface area contributed by atoms with Crippen LogP contribution in [0.4, 0.5) is 0 Å². The van der Waals surface area contributed by atoms with E-state index in [0.717, 1.165) is 12.5 Å². The van der Waals surface area contributed by atoms with E-state index in [9.17, 15) is 0 Å². The summed E-state index contributed by atoms with van der Waals surface area (Å²) >= 11 is 0.